The third kappa shape index (κ3) is 3.19. The number of ketones is 1. The van der Waals surface area contributed by atoms with E-state index >= 15 is 0 Å². The zero-order chi connectivity index (χ0) is 20.0. The highest BCUT2D eigenvalue weighted by molar-refractivity contribution is 6.33. The summed E-state index contributed by atoms with van der Waals surface area (Å²) in [5.41, 5.74) is 2.81. The van der Waals surface area contributed by atoms with E-state index in [2.05, 4.69) is 15.2 Å². The molecule has 0 aliphatic carbocycles. The van der Waals surface area contributed by atoms with Crippen LogP contribution >= 0.6 is 11.6 Å². The van der Waals surface area contributed by atoms with Crippen LogP contribution in [0.5, 0.6) is 11.5 Å². The second-order valence-electron chi connectivity index (χ2n) is 7.32. The first-order valence-electron chi connectivity index (χ1n) is 9.59. The number of aromatic nitrogens is 1. The Morgan fingerprint density at radius 3 is 2.86 bits per heavy atom. The van der Waals surface area contributed by atoms with Crippen molar-refractivity contribution in [3.63, 3.8) is 0 Å². The van der Waals surface area contributed by atoms with Crippen LogP contribution in [0, 0.1) is 0 Å². The van der Waals surface area contributed by atoms with E-state index in [4.69, 9.17) is 16.3 Å². The second kappa shape index (κ2) is 7.22. The van der Waals surface area contributed by atoms with E-state index in [0.29, 0.717) is 23.4 Å². The monoisotopic (exact) mass is 409 g/mol. The summed E-state index contributed by atoms with van der Waals surface area (Å²) in [7, 11) is 0. The van der Waals surface area contributed by atoms with Crippen molar-refractivity contribution >= 4 is 34.4 Å². The van der Waals surface area contributed by atoms with E-state index in [0.717, 1.165) is 42.6 Å². The number of para-hydroxylation sites is 1. The van der Waals surface area contributed by atoms with E-state index in [1.165, 1.54) is 6.07 Å². The van der Waals surface area contributed by atoms with Gasteiger partial charge in [0.2, 0.25) is 5.78 Å². The number of H-pyrrole nitrogens is 1. The number of phenols is 1. The Morgan fingerprint density at radius 2 is 2.03 bits per heavy atom. The standard InChI is InChI=1S/C22H20ClN3O3/c23-17-10-15-21(28)19(9-13-11-25-18-4-2-1-3-14(13)18)29-22(15)16(20(17)27)12-26-7-5-24-6-8-26/h1-4,9-11,24-25,27H,5-8,12H2/b19-9-. The summed E-state index contributed by atoms with van der Waals surface area (Å²) in [6.07, 6.45) is 3.59. The van der Waals surface area contributed by atoms with Crippen molar-refractivity contribution in [2.45, 2.75) is 6.54 Å². The molecule has 0 unspecified atom stereocenters. The minimum Gasteiger partial charge on any atom is -0.506 e. The Bertz CT molecular complexity index is 1150. The molecule has 3 N–H and O–H groups in total. The minimum atomic E-state index is -0.228. The second-order valence-corrected chi connectivity index (χ2v) is 7.72. The number of carbonyl (C=O) groups is 1. The van der Waals surface area contributed by atoms with Gasteiger partial charge in [0.15, 0.2) is 5.76 Å². The van der Waals surface area contributed by atoms with E-state index in [-0.39, 0.29) is 22.3 Å². The number of nitrogens with zero attached hydrogens (tertiary/aromatic N) is 1. The average molecular weight is 410 g/mol. The maximum atomic E-state index is 13.0. The fourth-order valence-electron chi connectivity index (χ4n) is 3.94. The Balaban J connectivity index is 1.53. The van der Waals surface area contributed by atoms with Crippen LogP contribution in [-0.2, 0) is 6.54 Å². The fourth-order valence-corrected chi connectivity index (χ4v) is 4.16. The maximum Gasteiger partial charge on any atom is 0.232 e. The van der Waals surface area contributed by atoms with Crippen molar-refractivity contribution < 1.29 is 14.6 Å². The number of benzene rings is 2. The summed E-state index contributed by atoms with van der Waals surface area (Å²) in [5.74, 6) is 0.383. The van der Waals surface area contributed by atoms with Gasteiger partial charge in [0.05, 0.1) is 16.1 Å². The molecule has 1 aromatic heterocycles. The Hall–Kier alpha value is -2.80. The summed E-state index contributed by atoms with van der Waals surface area (Å²) < 4.78 is 5.99. The van der Waals surface area contributed by atoms with E-state index < -0.39 is 0 Å². The number of phenolic OH excluding ortho intramolecular Hbond substituents is 1. The topological polar surface area (TPSA) is 77.6 Å². The number of hydrogen-bond acceptors (Lipinski definition) is 5. The van der Waals surface area contributed by atoms with Crippen LogP contribution in [0.2, 0.25) is 5.02 Å². The van der Waals surface area contributed by atoms with Crippen LogP contribution in [0.1, 0.15) is 21.5 Å². The van der Waals surface area contributed by atoms with Crippen molar-refractivity contribution in [1.82, 2.24) is 15.2 Å². The lowest BCUT2D eigenvalue weighted by Crippen LogP contribution is -2.42. The van der Waals surface area contributed by atoms with E-state index in [1.54, 1.807) is 6.08 Å². The number of fused-ring (bicyclic) bond motifs is 2. The first-order chi connectivity index (χ1) is 14.1. The zero-order valence-electron chi connectivity index (χ0n) is 15.7. The molecule has 2 aliphatic rings. The zero-order valence-corrected chi connectivity index (χ0v) is 16.4. The number of piperazine rings is 1. The molecule has 0 spiro atoms. The van der Waals surface area contributed by atoms with Gasteiger partial charge < -0.3 is 20.1 Å². The lowest BCUT2D eigenvalue weighted by Gasteiger charge is -2.28. The number of aromatic hydroxyl groups is 1. The highest BCUT2D eigenvalue weighted by Gasteiger charge is 2.33. The van der Waals surface area contributed by atoms with Gasteiger partial charge in [-0.05, 0) is 18.2 Å². The molecule has 148 valence electrons. The van der Waals surface area contributed by atoms with Crippen LogP contribution in [0.3, 0.4) is 0 Å². The van der Waals surface area contributed by atoms with Crippen molar-refractivity contribution in [3.8, 4) is 11.5 Å². The molecule has 0 amide bonds. The summed E-state index contributed by atoms with van der Waals surface area (Å²) in [6, 6.07) is 9.37. The summed E-state index contributed by atoms with van der Waals surface area (Å²) in [4.78, 5) is 18.4. The quantitative estimate of drug-likeness (QED) is 0.577. The van der Waals surface area contributed by atoms with Crippen molar-refractivity contribution in [1.29, 1.82) is 0 Å². The van der Waals surface area contributed by atoms with Gasteiger partial charge in [-0.3, -0.25) is 9.69 Å². The molecule has 6 nitrogen and oxygen atoms in total. The molecule has 1 fully saturated rings. The lowest BCUT2D eigenvalue weighted by molar-refractivity contribution is 0.101. The summed E-state index contributed by atoms with van der Waals surface area (Å²) >= 11 is 6.24. The minimum absolute atomic E-state index is 0.0231. The van der Waals surface area contributed by atoms with Crippen molar-refractivity contribution in [3.05, 3.63) is 64.0 Å². The van der Waals surface area contributed by atoms with Crippen LogP contribution in [0.25, 0.3) is 17.0 Å². The molecule has 1 saturated heterocycles. The van der Waals surface area contributed by atoms with E-state index in [1.807, 2.05) is 30.5 Å². The maximum absolute atomic E-state index is 13.0. The molecule has 3 aromatic rings. The normalized spacial score (nSPS) is 18.4. The number of aromatic amines is 1. The van der Waals surface area contributed by atoms with Gasteiger partial charge in [-0.2, -0.15) is 0 Å². The number of halogens is 1. The van der Waals surface area contributed by atoms with E-state index in [9.17, 15) is 9.90 Å². The van der Waals surface area contributed by atoms with Gasteiger partial charge in [-0.25, -0.2) is 0 Å². The number of allylic oxidation sites excluding steroid dienone is 1. The third-order valence-electron chi connectivity index (χ3n) is 5.48. The predicted octanol–water partition coefficient (Wildman–Crippen LogP) is 3.55. The highest BCUT2D eigenvalue weighted by atomic mass is 35.5. The predicted molar refractivity (Wildman–Crippen MR) is 112 cm³/mol. The molecule has 2 aliphatic heterocycles. The average Bonchev–Trinajstić information content (AvgIpc) is 3.28. The molecule has 0 bridgehead atoms. The third-order valence-corrected chi connectivity index (χ3v) is 5.77. The first kappa shape index (κ1) is 18.2. The molecule has 2 aromatic carbocycles. The summed E-state index contributed by atoms with van der Waals surface area (Å²) in [6.45, 7) is 3.95. The van der Waals surface area contributed by atoms with Crippen molar-refractivity contribution in [2.24, 2.45) is 0 Å². The largest absolute Gasteiger partial charge is 0.506 e. The Kier molecular flexibility index (Phi) is 4.54. The number of ether oxygens (including phenoxy) is 1. The Labute approximate surface area is 172 Å². The van der Waals surface area contributed by atoms with Gasteiger partial charge in [0.1, 0.15) is 11.5 Å². The number of Topliss-reactive ketones (excluding diaryl/α,β-unsaturated/α-hetero) is 1. The smallest absolute Gasteiger partial charge is 0.232 e. The number of nitrogens with one attached hydrogen (secondary N) is 2. The number of carbonyl (C=O) groups excluding carboxylic acids is 1. The van der Waals surface area contributed by atoms with Crippen molar-refractivity contribution in [2.75, 3.05) is 26.2 Å². The molecule has 0 radical (unpaired) electrons. The van der Waals surface area contributed by atoms with Crippen LogP contribution in [-0.4, -0.2) is 47.0 Å². The first-order valence-corrected chi connectivity index (χ1v) is 9.97. The SMILES string of the molecule is O=C1/C(=C/c2c[nH]c3ccccc23)Oc2c1cc(Cl)c(O)c2CN1CCNCC1. The van der Waals surface area contributed by atoms with Gasteiger partial charge in [-0.1, -0.05) is 29.8 Å². The van der Waals surface area contributed by atoms with Gasteiger partial charge in [0.25, 0.3) is 0 Å². The number of hydrogen-bond donors (Lipinski definition) is 3. The van der Waals surface area contributed by atoms with Gasteiger partial charge >= 0.3 is 0 Å². The molecular weight excluding hydrogens is 390 g/mol. The Morgan fingerprint density at radius 1 is 1.24 bits per heavy atom. The fraction of sp³-hybridized carbons (Fsp3) is 0.227. The molecule has 7 heteroatoms. The molecule has 0 saturated carbocycles. The molecule has 5 rings (SSSR count). The molecule has 3 heterocycles. The lowest BCUT2D eigenvalue weighted by atomic mass is 10.0. The van der Waals surface area contributed by atoms with Crippen LogP contribution < -0.4 is 10.1 Å². The van der Waals surface area contributed by atoms with Gasteiger partial charge in [-0.15, -0.1) is 0 Å². The number of rotatable bonds is 3. The molecule has 0 atom stereocenters. The highest BCUT2D eigenvalue weighted by Crippen LogP contribution is 2.44. The summed E-state index contributed by atoms with van der Waals surface area (Å²) in [5, 5.41) is 15.1. The molecule has 29 heavy (non-hydrogen) atoms. The molecular formula is C22H20ClN3O3. The van der Waals surface area contributed by atoms with Gasteiger partial charge in [0, 0.05) is 55.4 Å². The van der Waals surface area contributed by atoms with Crippen LogP contribution in [0.15, 0.2) is 42.3 Å². The van der Waals surface area contributed by atoms with Crippen LogP contribution in [0.4, 0.5) is 0 Å².